The van der Waals surface area contributed by atoms with Crippen LogP contribution in [0.2, 0.25) is 0 Å². The summed E-state index contributed by atoms with van der Waals surface area (Å²) in [6.07, 6.45) is -0.475. The molecular formula is C19H29NO6S. The fourth-order valence-corrected chi connectivity index (χ4v) is 3.25. The number of benzene rings is 1. The van der Waals surface area contributed by atoms with Crippen LogP contribution in [0, 0.1) is 6.92 Å². The van der Waals surface area contributed by atoms with Crippen LogP contribution in [0.15, 0.2) is 29.2 Å². The Labute approximate surface area is 161 Å². The van der Waals surface area contributed by atoms with Crippen molar-refractivity contribution in [3.63, 3.8) is 0 Å². The van der Waals surface area contributed by atoms with Crippen LogP contribution in [-0.2, 0) is 29.1 Å². The SMILES string of the molecule is Cc1ccc(S(=O)(=O)N[C@@H](CC(=O)OC(C)(C)C)C(=O)OC(C)(C)C)cc1. The van der Waals surface area contributed by atoms with Gasteiger partial charge in [-0.25, -0.2) is 8.42 Å². The van der Waals surface area contributed by atoms with Gasteiger partial charge in [0.15, 0.2) is 0 Å². The van der Waals surface area contributed by atoms with Gasteiger partial charge in [-0.1, -0.05) is 17.7 Å². The van der Waals surface area contributed by atoms with Crippen molar-refractivity contribution in [2.75, 3.05) is 0 Å². The highest BCUT2D eigenvalue weighted by atomic mass is 32.2. The van der Waals surface area contributed by atoms with E-state index in [4.69, 9.17) is 9.47 Å². The number of carbonyl (C=O) groups excluding carboxylic acids is 2. The lowest BCUT2D eigenvalue weighted by Crippen LogP contribution is -2.46. The van der Waals surface area contributed by atoms with Gasteiger partial charge in [0.2, 0.25) is 10.0 Å². The molecule has 1 aromatic carbocycles. The number of rotatable bonds is 6. The molecule has 0 aliphatic heterocycles. The first-order valence-corrected chi connectivity index (χ1v) is 10.1. The molecule has 0 radical (unpaired) electrons. The predicted molar refractivity (Wildman–Crippen MR) is 102 cm³/mol. The lowest BCUT2D eigenvalue weighted by molar-refractivity contribution is -0.164. The second kappa shape index (κ2) is 8.39. The zero-order valence-corrected chi connectivity index (χ0v) is 17.8. The predicted octanol–water partition coefficient (Wildman–Crippen LogP) is 2.72. The van der Waals surface area contributed by atoms with Gasteiger partial charge in [0, 0.05) is 0 Å². The number of carbonyl (C=O) groups is 2. The average Bonchev–Trinajstić information content (AvgIpc) is 2.42. The van der Waals surface area contributed by atoms with Crippen molar-refractivity contribution >= 4 is 22.0 Å². The Balaban J connectivity index is 3.07. The van der Waals surface area contributed by atoms with Crippen LogP contribution in [0.1, 0.15) is 53.5 Å². The molecule has 0 heterocycles. The van der Waals surface area contributed by atoms with Crippen LogP contribution in [0.4, 0.5) is 0 Å². The van der Waals surface area contributed by atoms with E-state index in [1.165, 1.54) is 12.1 Å². The molecule has 0 bridgehead atoms. The van der Waals surface area contributed by atoms with E-state index >= 15 is 0 Å². The van der Waals surface area contributed by atoms with E-state index in [2.05, 4.69) is 4.72 Å². The molecule has 1 N–H and O–H groups in total. The Morgan fingerprint density at radius 2 is 1.44 bits per heavy atom. The summed E-state index contributed by atoms with van der Waals surface area (Å²) in [6.45, 7) is 11.9. The lowest BCUT2D eigenvalue weighted by Gasteiger charge is -2.25. The van der Waals surface area contributed by atoms with Gasteiger partial charge in [-0.15, -0.1) is 0 Å². The van der Waals surface area contributed by atoms with E-state index in [0.717, 1.165) is 5.56 Å². The van der Waals surface area contributed by atoms with E-state index in [9.17, 15) is 18.0 Å². The topological polar surface area (TPSA) is 98.8 Å². The van der Waals surface area contributed by atoms with Crippen molar-refractivity contribution < 1.29 is 27.5 Å². The van der Waals surface area contributed by atoms with E-state index in [1.54, 1.807) is 53.7 Å². The molecule has 0 amide bonds. The fraction of sp³-hybridized carbons (Fsp3) is 0.579. The molecule has 7 nitrogen and oxygen atoms in total. The second-order valence-electron chi connectivity index (χ2n) is 8.31. The minimum Gasteiger partial charge on any atom is -0.460 e. The third-order valence-electron chi connectivity index (χ3n) is 3.11. The zero-order chi connectivity index (χ0) is 21.0. The normalized spacial score (nSPS) is 13.7. The van der Waals surface area contributed by atoms with E-state index < -0.39 is 45.6 Å². The number of aryl methyl sites for hydroxylation is 1. The highest BCUT2D eigenvalue weighted by molar-refractivity contribution is 7.89. The Bertz CT molecular complexity index is 770. The minimum absolute atomic E-state index is 0.00847. The zero-order valence-electron chi connectivity index (χ0n) is 17.0. The molecule has 0 spiro atoms. The summed E-state index contributed by atoms with van der Waals surface area (Å²) in [5.41, 5.74) is -0.698. The Morgan fingerprint density at radius 1 is 0.963 bits per heavy atom. The van der Waals surface area contributed by atoms with Crippen molar-refractivity contribution in [1.82, 2.24) is 4.72 Å². The van der Waals surface area contributed by atoms with Gasteiger partial charge in [0.05, 0.1) is 11.3 Å². The van der Waals surface area contributed by atoms with Crippen LogP contribution in [0.5, 0.6) is 0 Å². The molecule has 8 heteroatoms. The van der Waals surface area contributed by atoms with Crippen LogP contribution >= 0.6 is 0 Å². The summed E-state index contributed by atoms with van der Waals surface area (Å²) in [7, 11) is -4.02. The molecule has 1 rings (SSSR count). The molecule has 1 atom stereocenters. The smallest absolute Gasteiger partial charge is 0.325 e. The van der Waals surface area contributed by atoms with Gasteiger partial charge in [-0.3, -0.25) is 9.59 Å². The van der Waals surface area contributed by atoms with Crippen LogP contribution in [-0.4, -0.2) is 37.6 Å². The fourth-order valence-electron chi connectivity index (χ4n) is 2.07. The molecule has 0 aliphatic rings. The Kier molecular flexibility index (Phi) is 7.18. The molecule has 152 valence electrons. The molecule has 1 aromatic rings. The maximum absolute atomic E-state index is 12.6. The van der Waals surface area contributed by atoms with Gasteiger partial charge in [0.25, 0.3) is 0 Å². The Morgan fingerprint density at radius 3 is 1.89 bits per heavy atom. The molecule has 0 aliphatic carbocycles. The number of hydrogen-bond donors (Lipinski definition) is 1. The molecule has 0 fully saturated rings. The van der Waals surface area contributed by atoms with Crippen LogP contribution < -0.4 is 4.72 Å². The van der Waals surface area contributed by atoms with Gasteiger partial charge in [0.1, 0.15) is 17.2 Å². The van der Waals surface area contributed by atoms with Gasteiger partial charge in [-0.2, -0.15) is 4.72 Å². The third-order valence-corrected chi connectivity index (χ3v) is 4.60. The van der Waals surface area contributed by atoms with Crippen LogP contribution in [0.3, 0.4) is 0 Å². The maximum atomic E-state index is 12.6. The Hall–Kier alpha value is -1.93. The van der Waals surface area contributed by atoms with Gasteiger partial charge in [-0.05, 0) is 60.6 Å². The average molecular weight is 400 g/mol. The van der Waals surface area contributed by atoms with Crippen molar-refractivity contribution in [1.29, 1.82) is 0 Å². The minimum atomic E-state index is -4.02. The van der Waals surface area contributed by atoms with Gasteiger partial charge < -0.3 is 9.47 Å². The first-order chi connectivity index (χ1) is 12.1. The van der Waals surface area contributed by atoms with Crippen LogP contribution in [0.25, 0.3) is 0 Å². The molecule has 0 saturated heterocycles. The monoisotopic (exact) mass is 399 g/mol. The second-order valence-corrected chi connectivity index (χ2v) is 10.0. The number of esters is 2. The standard InChI is InChI=1S/C19H29NO6S/c1-13-8-10-14(11-9-13)27(23,24)20-15(17(22)26-19(5,6)7)12-16(21)25-18(2,3)4/h8-11,15,20H,12H2,1-7H3/t15-/m0/s1. The van der Waals surface area contributed by atoms with E-state index in [0.29, 0.717) is 0 Å². The van der Waals surface area contributed by atoms with Gasteiger partial charge >= 0.3 is 11.9 Å². The highest BCUT2D eigenvalue weighted by Crippen LogP contribution is 2.16. The number of hydrogen-bond acceptors (Lipinski definition) is 6. The molecule has 27 heavy (non-hydrogen) atoms. The number of ether oxygens (including phenoxy) is 2. The molecular weight excluding hydrogens is 370 g/mol. The first kappa shape index (κ1) is 23.1. The van der Waals surface area contributed by atoms with E-state index in [1.807, 2.05) is 6.92 Å². The summed E-state index contributed by atoms with van der Waals surface area (Å²) >= 11 is 0. The summed E-state index contributed by atoms with van der Waals surface area (Å²) < 4.78 is 38.0. The van der Waals surface area contributed by atoms with Crippen molar-refractivity contribution in [3.8, 4) is 0 Å². The summed E-state index contributed by atoms with van der Waals surface area (Å²) in [6, 6.07) is 4.75. The molecule has 0 aromatic heterocycles. The third kappa shape index (κ3) is 8.53. The molecule has 0 saturated carbocycles. The number of sulfonamides is 1. The van der Waals surface area contributed by atoms with E-state index in [-0.39, 0.29) is 4.90 Å². The summed E-state index contributed by atoms with van der Waals surface area (Å²) in [5.74, 6) is -1.55. The summed E-state index contributed by atoms with van der Waals surface area (Å²) in [4.78, 5) is 24.6. The highest BCUT2D eigenvalue weighted by Gasteiger charge is 2.33. The quantitative estimate of drug-likeness (QED) is 0.739. The molecule has 0 unspecified atom stereocenters. The maximum Gasteiger partial charge on any atom is 0.325 e. The van der Waals surface area contributed by atoms with Crippen molar-refractivity contribution in [2.24, 2.45) is 0 Å². The first-order valence-electron chi connectivity index (χ1n) is 8.63. The summed E-state index contributed by atoms with van der Waals surface area (Å²) in [5, 5.41) is 0. The lowest BCUT2D eigenvalue weighted by atomic mass is 10.1. The largest absolute Gasteiger partial charge is 0.460 e. The number of nitrogens with one attached hydrogen (secondary N) is 1. The van der Waals surface area contributed by atoms with Crippen molar-refractivity contribution in [3.05, 3.63) is 29.8 Å². The van der Waals surface area contributed by atoms with Crippen molar-refractivity contribution in [2.45, 2.75) is 77.0 Å².